The van der Waals surface area contributed by atoms with E-state index >= 15 is 0 Å². The standard InChI is InChI=1S/C22H22N4O3S/c1-13-20(30-22(24-13)14-9-10-17(28-3)18(11-14)29-4)21(27)23-12-19-25-15-7-5-6-8-16(15)26(19)2/h5-11H,12H2,1-4H3,(H,23,27). The Hall–Kier alpha value is -3.39. The molecule has 154 valence electrons. The highest BCUT2D eigenvalue weighted by molar-refractivity contribution is 7.17. The molecular weight excluding hydrogens is 400 g/mol. The number of carbonyl (C=O) groups is 1. The van der Waals surface area contributed by atoms with Gasteiger partial charge in [-0.25, -0.2) is 9.97 Å². The molecule has 30 heavy (non-hydrogen) atoms. The van der Waals surface area contributed by atoms with Gasteiger partial charge in [0.2, 0.25) is 0 Å². The fraction of sp³-hybridized carbons (Fsp3) is 0.227. The molecule has 0 atom stereocenters. The molecule has 8 heteroatoms. The number of hydrogen-bond donors (Lipinski definition) is 1. The van der Waals surface area contributed by atoms with Gasteiger partial charge in [-0.1, -0.05) is 12.1 Å². The average Bonchev–Trinajstić information content (AvgIpc) is 3.31. The predicted octanol–water partition coefficient (Wildman–Crippen LogP) is 3.95. The normalized spacial score (nSPS) is 10.9. The van der Waals surface area contributed by atoms with E-state index in [4.69, 9.17) is 9.47 Å². The zero-order chi connectivity index (χ0) is 21.3. The van der Waals surface area contributed by atoms with Crippen molar-refractivity contribution in [1.29, 1.82) is 0 Å². The van der Waals surface area contributed by atoms with Gasteiger partial charge in [0.25, 0.3) is 5.91 Å². The molecule has 0 radical (unpaired) electrons. The molecule has 4 aromatic rings. The molecule has 2 aromatic heterocycles. The molecule has 0 aliphatic rings. The number of thiazole rings is 1. The lowest BCUT2D eigenvalue weighted by Crippen LogP contribution is -2.24. The number of aryl methyl sites for hydroxylation is 2. The van der Waals surface area contributed by atoms with Crippen LogP contribution in [0.1, 0.15) is 21.2 Å². The summed E-state index contributed by atoms with van der Waals surface area (Å²) < 4.78 is 12.6. The van der Waals surface area contributed by atoms with E-state index in [1.54, 1.807) is 14.2 Å². The molecule has 0 saturated carbocycles. The molecule has 7 nitrogen and oxygen atoms in total. The number of amides is 1. The van der Waals surface area contributed by atoms with Gasteiger partial charge in [-0.3, -0.25) is 4.79 Å². The number of nitrogens with zero attached hydrogens (tertiary/aromatic N) is 3. The second-order valence-electron chi connectivity index (χ2n) is 6.76. The number of imidazole rings is 1. The van der Waals surface area contributed by atoms with Gasteiger partial charge in [0.1, 0.15) is 15.7 Å². The maximum Gasteiger partial charge on any atom is 0.263 e. The molecule has 1 amide bonds. The van der Waals surface area contributed by atoms with Crippen LogP contribution < -0.4 is 14.8 Å². The van der Waals surface area contributed by atoms with E-state index in [-0.39, 0.29) is 5.91 Å². The molecule has 0 fully saturated rings. The molecule has 0 unspecified atom stereocenters. The molecule has 0 saturated heterocycles. The highest BCUT2D eigenvalue weighted by atomic mass is 32.1. The summed E-state index contributed by atoms with van der Waals surface area (Å²) in [6, 6.07) is 13.5. The van der Waals surface area contributed by atoms with Crippen molar-refractivity contribution in [3.8, 4) is 22.1 Å². The monoisotopic (exact) mass is 422 g/mol. The fourth-order valence-corrected chi connectivity index (χ4v) is 4.27. The Kier molecular flexibility index (Phi) is 5.41. The van der Waals surface area contributed by atoms with Crippen molar-refractivity contribution in [3.05, 3.63) is 58.9 Å². The fourth-order valence-electron chi connectivity index (χ4n) is 3.29. The summed E-state index contributed by atoms with van der Waals surface area (Å²) in [4.78, 5) is 22.6. The highest BCUT2D eigenvalue weighted by Gasteiger charge is 2.18. The van der Waals surface area contributed by atoms with Crippen LogP contribution in [0.2, 0.25) is 0 Å². The Morgan fingerprint density at radius 3 is 2.60 bits per heavy atom. The minimum Gasteiger partial charge on any atom is -0.493 e. The van der Waals surface area contributed by atoms with Crippen LogP contribution in [0.25, 0.3) is 21.6 Å². The Morgan fingerprint density at radius 2 is 1.87 bits per heavy atom. The van der Waals surface area contributed by atoms with Crippen LogP contribution in [-0.4, -0.2) is 34.7 Å². The van der Waals surface area contributed by atoms with Gasteiger partial charge < -0.3 is 19.4 Å². The Labute approximate surface area is 178 Å². The lowest BCUT2D eigenvalue weighted by atomic mass is 10.2. The summed E-state index contributed by atoms with van der Waals surface area (Å²) in [6.07, 6.45) is 0. The van der Waals surface area contributed by atoms with Gasteiger partial charge in [-0.05, 0) is 37.3 Å². The Balaban J connectivity index is 1.54. The summed E-state index contributed by atoms with van der Waals surface area (Å²) in [5, 5.41) is 3.72. The second-order valence-corrected chi connectivity index (χ2v) is 7.76. The van der Waals surface area contributed by atoms with Crippen LogP contribution in [0.4, 0.5) is 0 Å². The minimum atomic E-state index is -0.163. The smallest absolute Gasteiger partial charge is 0.263 e. The number of ether oxygens (including phenoxy) is 2. The lowest BCUT2D eigenvalue weighted by molar-refractivity contribution is 0.0953. The number of benzene rings is 2. The van der Waals surface area contributed by atoms with Gasteiger partial charge in [-0.2, -0.15) is 0 Å². The Morgan fingerprint density at radius 1 is 1.10 bits per heavy atom. The molecule has 2 aromatic carbocycles. The maximum absolute atomic E-state index is 12.8. The van der Waals surface area contributed by atoms with Crippen LogP contribution in [-0.2, 0) is 13.6 Å². The summed E-state index contributed by atoms with van der Waals surface area (Å²) in [7, 11) is 5.14. The van der Waals surface area contributed by atoms with Crippen molar-refractivity contribution in [2.45, 2.75) is 13.5 Å². The van der Waals surface area contributed by atoms with E-state index in [1.165, 1.54) is 11.3 Å². The number of rotatable bonds is 6. The largest absolute Gasteiger partial charge is 0.493 e. The van der Waals surface area contributed by atoms with Gasteiger partial charge in [0, 0.05) is 12.6 Å². The van der Waals surface area contributed by atoms with E-state index in [0.29, 0.717) is 28.6 Å². The van der Waals surface area contributed by atoms with Crippen molar-refractivity contribution in [2.75, 3.05) is 14.2 Å². The highest BCUT2D eigenvalue weighted by Crippen LogP contribution is 2.35. The van der Waals surface area contributed by atoms with Gasteiger partial charge in [0.15, 0.2) is 11.5 Å². The van der Waals surface area contributed by atoms with E-state index in [2.05, 4.69) is 15.3 Å². The summed E-state index contributed by atoms with van der Waals surface area (Å²) in [5.74, 6) is 1.90. The Bertz CT molecular complexity index is 1230. The van der Waals surface area contributed by atoms with Crippen molar-refractivity contribution < 1.29 is 14.3 Å². The molecule has 0 aliphatic heterocycles. The van der Waals surface area contributed by atoms with Gasteiger partial charge in [-0.15, -0.1) is 11.3 Å². The molecule has 2 heterocycles. The van der Waals surface area contributed by atoms with Crippen LogP contribution in [0.3, 0.4) is 0 Å². The van der Waals surface area contributed by atoms with Crippen LogP contribution in [0, 0.1) is 6.92 Å². The van der Waals surface area contributed by atoms with E-state index in [0.717, 1.165) is 27.4 Å². The number of aromatic nitrogens is 3. The summed E-state index contributed by atoms with van der Waals surface area (Å²) in [6.45, 7) is 2.18. The SMILES string of the molecule is COc1ccc(-c2nc(C)c(C(=O)NCc3nc4ccccc4n3C)s2)cc1OC. The quantitative estimate of drug-likeness (QED) is 0.509. The topological polar surface area (TPSA) is 78.3 Å². The van der Waals surface area contributed by atoms with E-state index in [1.807, 2.05) is 61.0 Å². The van der Waals surface area contributed by atoms with Gasteiger partial charge >= 0.3 is 0 Å². The molecule has 4 rings (SSSR count). The second kappa shape index (κ2) is 8.16. The van der Waals surface area contributed by atoms with Crippen molar-refractivity contribution in [2.24, 2.45) is 7.05 Å². The zero-order valence-corrected chi connectivity index (χ0v) is 18.0. The third-order valence-corrected chi connectivity index (χ3v) is 6.13. The third-order valence-electron chi connectivity index (χ3n) is 4.92. The van der Waals surface area contributed by atoms with Crippen LogP contribution >= 0.6 is 11.3 Å². The van der Waals surface area contributed by atoms with Crippen LogP contribution in [0.15, 0.2) is 42.5 Å². The third kappa shape index (κ3) is 3.61. The lowest BCUT2D eigenvalue weighted by Gasteiger charge is -2.08. The molecule has 0 bridgehead atoms. The summed E-state index contributed by atoms with van der Waals surface area (Å²) >= 11 is 1.35. The molecular formula is C22H22N4O3S. The number of fused-ring (bicyclic) bond motifs is 1. The minimum absolute atomic E-state index is 0.163. The number of methoxy groups -OCH3 is 2. The first-order valence-corrected chi connectivity index (χ1v) is 10.2. The van der Waals surface area contributed by atoms with Crippen LogP contribution in [0.5, 0.6) is 11.5 Å². The van der Waals surface area contributed by atoms with Crippen molar-refractivity contribution in [3.63, 3.8) is 0 Å². The molecule has 1 N–H and O–H groups in total. The van der Waals surface area contributed by atoms with E-state index in [9.17, 15) is 4.79 Å². The van der Waals surface area contributed by atoms with Crippen molar-refractivity contribution >= 4 is 28.3 Å². The molecule has 0 aliphatic carbocycles. The number of nitrogens with one attached hydrogen (secondary N) is 1. The first-order valence-electron chi connectivity index (χ1n) is 9.40. The number of para-hydroxylation sites is 2. The molecule has 0 spiro atoms. The zero-order valence-electron chi connectivity index (χ0n) is 17.2. The van der Waals surface area contributed by atoms with Crippen molar-refractivity contribution in [1.82, 2.24) is 19.9 Å². The van der Waals surface area contributed by atoms with E-state index < -0.39 is 0 Å². The maximum atomic E-state index is 12.8. The van der Waals surface area contributed by atoms with Gasteiger partial charge in [0.05, 0.1) is 37.5 Å². The number of hydrogen-bond acceptors (Lipinski definition) is 6. The summed E-state index contributed by atoms with van der Waals surface area (Å²) in [5.41, 5.74) is 3.50. The first-order chi connectivity index (χ1) is 14.5. The average molecular weight is 423 g/mol. The predicted molar refractivity (Wildman–Crippen MR) is 117 cm³/mol. The number of carbonyl (C=O) groups excluding carboxylic acids is 1. The first kappa shape index (κ1) is 19.9.